The second-order valence-electron chi connectivity index (χ2n) is 11.2. The molecule has 0 N–H and O–H groups in total. The number of halogens is 2. The highest BCUT2D eigenvalue weighted by Crippen LogP contribution is 2.53. The highest BCUT2D eigenvalue weighted by Gasteiger charge is 2.59. The summed E-state index contributed by atoms with van der Waals surface area (Å²) in [7, 11) is 0. The number of Topliss-reactive ketones (excluding diaryl/α,β-unsaturated/α-hetero) is 1. The molecule has 3 aromatic carbocycles. The molecule has 2 aliphatic carbocycles. The number of carbonyl (C=O) groups is 4. The van der Waals surface area contributed by atoms with Crippen molar-refractivity contribution in [2.24, 2.45) is 23.7 Å². The van der Waals surface area contributed by atoms with Gasteiger partial charge in [0.1, 0.15) is 0 Å². The Morgan fingerprint density at radius 2 is 1.58 bits per heavy atom. The average Bonchev–Trinajstić information content (AvgIpc) is 3.70. The molecule has 0 spiro atoms. The van der Waals surface area contributed by atoms with E-state index in [1.54, 1.807) is 66.7 Å². The molecule has 4 aromatic rings. The molecule has 2 heterocycles. The summed E-state index contributed by atoms with van der Waals surface area (Å²) in [5.41, 5.74) is 2.91. The van der Waals surface area contributed by atoms with E-state index in [2.05, 4.69) is 28.1 Å². The van der Waals surface area contributed by atoms with E-state index in [9.17, 15) is 19.2 Å². The fourth-order valence-electron chi connectivity index (χ4n) is 6.58. The number of anilines is 1. The van der Waals surface area contributed by atoms with Crippen LogP contribution in [-0.4, -0.2) is 34.7 Å². The van der Waals surface area contributed by atoms with Gasteiger partial charge in [0.05, 0.1) is 34.3 Å². The van der Waals surface area contributed by atoms with Crippen LogP contribution in [-0.2, 0) is 14.3 Å². The van der Waals surface area contributed by atoms with Gasteiger partial charge in [-0.25, -0.2) is 9.78 Å². The summed E-state index contributed by atoms with van der Waals surface area (Å²) >= 11 is 9.40. The topological polar surface area (TPSA) is 93.6 Å². The van der Waals surface area contributed by atoms with Crippen LogP contribution in [0.25, 0.3) is 22.2 Å². The number of carbonyl (C=O) groups excluding carboxylic acids is 4. The zero-order valence-electron chi connectivity index (χ0n) is 22.9. The monoisotopic (exact) mass is 654 g/mol. The van der Waals surface area contributed by atoms with Gasteiger partial charge in [0.25, 0.3) is 0 Å². The van der Waals surface area contributed by atoms with Crippen LogP contribution in [0.1, 0.15) is 34.1 Å². The molecular formula is C34H24BrClN2O5. The van der Waals surface area contributed by atoms with Gasteiger partial charge in [-0.1, -0.05) is 51.8 Å². The molecule has 2 fully saturated rings. The van der Waals surface area contributed by atoms with Crippen molar-refractivity contribution in [2.45, 2.75) is 19.4 Å². The first-order chi connectivity index (χ1) is 20.7. The minimum Gasteiger partial charge on any atom is -0.451 e. The fraction of sp³-hybridized carbons (Fsp3) is 0.206. The molecule has 9 heteroatoms. The van der Waals surface area contributed by atoms with Crippen LogP contribution < -0.4 is 4.90 Å². The van der Waals surface area contributed by atoms with Crippen molar-refractivity contribution >= 4 is 67.7 Å². The van der Waals surface area contributed by atoms with Gasteiger partial charge in [-0.2, -0.15) is 0 Å². The second-order valence-corrected chi connectivity index (χ2v) is 12.5. The van der Waals surface area contributed by atoms with Gasteiger partial charge in [0, 0.05) is 26.0 Å². The SMILES string of the molecule is C[C@@H](OC(=O)c1cc(-c2ccc(N3C(=O)[C@@H]4[C@@H](C3=O)[C@H]3C=C[C@H]4C3)cc2)nc2ccc(Br)cc12)C(=O)c1ccc(Cl)cc1. The number of hydrogen-bond donors (Lipinski definition) is 0. The Balaban J connectivity index is 1.18. The van der Waals surface area contributed by atoms with Crippen LogP contribution in [0.2, 0.25) is 5.02 Å². The van der Waals surface area contributed by atoms with Crippen LogP contribution in [0.3, 0.4) is 0 Å². The van der Waals surface area contributed by atoms with Gasteiger partial charge in [-0.05, 0) is 85.8 Å². The highest BCUT2D eigenvalue weighted by molar-refractivity contribution is 9.10. The molecule has 7 nitrogen and oxygen atoms in total. The Morgan fingerprint density at radius 1 is 0.930 bits per heavy atom. The lowest BCUT2D eigenvalue weighted by atomic mass is 9.85. The lowest BCUT2D eigenvalue weighted by Crippen LogP contribution is -2.32. The molecule has 1 saturated heterocycles. The van der Waals surface area contributed by atoms with E-state index in [-0.39, 0.29) is 46.8 Å². The Bertz CT molecular complexity index is 1840. The van der Waals surface area contributed by atoms with Crippen molar-refractivity contribution in [3.63, 3.8) is 0 Å². The summed E-state index contributed by atoms with van der Waals surface area (Å²) in [6.45, 7) is 1.53. The number of rotatable bonds is 6. The number of ether oxygens (including phenoxy) is 1. The normalized spacial score (nSPS) is 22.7. The smallest absolute Gasteiger partial charge is 0.339 e. The quantitative estimate of drug-likeness (QED) is 0.0956. The van der Waals surface area contributed by atoms with Gasteiger partial charge in [0.15, 0.2) is 6.10 Å². The van der Waals surface area contributed by atoms with E-state index in [0.29, 0.717) is 38.4 Å². The number of pyridine rings is 1. The van der Waals surface area contributed by atoms with E-state index < -0.39 is 12.1 Å². The van der Waals surface area contributed by atoms with Crippen molar-refractivity contribution in [3.05, 3.63) is 106 Å². The Morgan fingerprint density at radius 3 is 2.23 bits per heavy atom. The summed E-state index contributed by atoms with van der Waals surface area (Å²) in [5.74, 6) is -1.56. The molecule has 214 valence electrons. The third-order valence-corrected chi connectivity index (χ3v) is 9.41. The molecule has 1 aromatic heterocycles. The van der Waals surface area contributed by atoms with Crippen LogP contribution in [0.4, 0.5) is 5.69 Å². The van der Waals surface area contributed by atoms with E-state index in [1.807, 2.05) is 6.07 Å². The number of nitrogens with zero attached hydrogens (tertiary/aromatic N) is 2. The fourth-order valence-corrected chi connectivity index (χ4v) is 7.07. The lowest BCUT2D eigenvalue weighted by molar-refractivity contribution is -0.123. The molecule has 0 radical (unpaired) electrons. The molecule has 1 aliphatic heterocycles. The summed E-state index contributed by atoms with van der Waals surface area (Å²) in [6.07, 6.45) is 3.99. The average molecular weight is 656 g/mol. The molecule has 43 heavy (non-hydrogen) atoms. The highest BCUT2D eigenvalue weighted by atomic mass is 79.9. The van der Waals surface area contributed by atoms with Crippen LogP contribution in [0.15, 0.2) is 89.4 Å². The number of fused-ring (bicyclic) bond motifs is 6. The predicted octanol–water partition coefficient (Wildman–Crippen LogP) is 7.06. The van der Waals surface area contributed by atoms with Gasteiger partial charge >= 0.3 is 5.97 Å². The predicted molar refractivity (Wildman–Crippen MR) is 166 cm³/mol. The van der Waals surface area contributed by atoms with Gasteiger partial charge < -0.3 is 4.74 Å². The van der Waals surface area contributed by atoms with Gasteiger partial charge in [-0.15, -0.1) is 0 Å². The maximum atomic E-state index is 13.5. The molecule has 1 saturated carbocycles. The van der Waals surface area contributed by atoms with Crippen LogP contribution in [0.5, 0.6) is 0 Å². The number of imide groups is 1. The minimum absolute atomic E-state index is 0.138. The largest absolute Gasteiger partial charge is 0.451 e. The first-order valence-corrected chi connectivity index (χ1v) is 15.1. The molecule has 5 atom stereocenters. The lowest BCUT2D eigenvalue weighted by Gasteiger charge is -2.18. The number of esters is 1. The molecule has 3 aliphatic rings. The van der Waals surface area contributed by atoms with Crippen LogP contribution in [0, 0.1) is 23.7 Å². The van der Waals surface area contributed by atoms with E-state index >= 15 is 0 Å². The van der Waals surface area contributed by atoms with Crippen LogP contribution >= 0.6 is 27.5 Å². The first kappa shape index (κ1) is 27.7. The van der Waals surface area contributed by atoms with E-state index in [0.717, 1.165) is 10.9 Å². The number of amides is 2. The number of ketones is 1. The van der Waals surface area contributed by atoms with Crippen molar-refractivity contribution in [1.82, 2.24) is 4.98 Å². The van der Waals surface area contributed by atoms with Gasteiger partial charge in [0.2, 0.25) is 17.6 Å². The standard InChI is InChI=1S/C34H24BrClN2O5/c1-17(31(39)19-4-9-23(36)10-5-19)43-34(42)26-16-28(37-27-13-8-22(35)15-25(26)27)18-6-11-24(12-7-18)38-32(40)29-20-2-3-21(14-20)30(29)33(38)41/h2-13,15-17,20-21,29-30H,14H2,1H3/t17-,20+,21+,29+,30+/m1/s1. The van der Waals surface area contributed by atoms with Crippen molar-refractivity contribution in [1.29, 1.82) is 0 Å². The number of benzene rings is 3. The number of hydrogen-bond acceptors (Lipinski definition) is 6. The van der Waals surface area contributed by atoms with E-state index in [4.69, 9.17) is 21.3 Å². The molecular weight excluding hydrogens is 632 g/mol. The molecule has 7 rings (SSSR count). The van der Waals surface area contributed by atoms with Crippen molar-refractivity contribution < 1.29 is 23.9 Å². The third kappa shape index (κ3) is 4.69. The summed E-state index contributed by atoms with van der Waals surface area (Å²) < 4.78 is 6.40. The number of aromatic nitrogens is 1. The first-order valence-electron chi connectivity index (χ1n) is 14.0. The molecule has 2 bridgehead atoms. The summed E-state index contributed by atoms with van der Waals surface area (Å²) in [5, 5.41) is 1.06. The van der Waals surface area contributed by atoms with Gasteiger partial charge in [-0.3, -0.25) is 19.3 Å². The maximum absolute atomic E-state index is 13.5. The second kappa shape index (κ2) is 10.5. The molecule has 2 amide bonds. The minimum atomic E-state index is -1.03. The van der Waals surface area contributed by atoms with E-state index in [1.165, 1.54) is 11.8 Å². The Labute approximate surface area is 260 Å². The zero-order chi connectivity index (χ0) is 30.0. The van der Waals surface area contributed by atoms with Crippen molar-refractivity contribution in [3.8, 4) is 11.3 Å². The summed E-state index contributed by atoms with van der Waals surface area (Å²) in [6, 6.07) is 20.5. The Hall–Kier alpha value is -4.14. The zero-order valence-corrected chi connectivity index (χ0v) is 25.2. The third-order valence-electron chi connectivity index (χ3n) is 8.66. The maximum Gasteiger partial charge on any atom is 0.339 e. The molecule has 0 unspecified atom stereocenters. The number of allylic oxidation sites excluding steroid dienone is 2. The summed E-state index contributed by atoms with van der Waals surface area (Å²) in [4.78, 5) is 59.0. The van der Waals surface area contributed by atoms with Crippen molar-refractivity contribution in [2.75, 3.05) is 4.90 Å². The Kier molecular flexibility index (Phi) is 6.78.